The average molecular weight is 1130 g/mol. The summed E-state index contributed by atoms with van der Waals surface area (Å²) in [4.78, 5) is 13.3. The number of aliphatic hydroxyl groups excluding tert-OH is 11. The number of amides is 1. The highest BCUT2D eigenvalue weighted by molar-refractivity contribution is 5.76. The minimum Gasteiger partial charge on any atom is -0.394 e. The van der Waals surface area contributed by atoms with E-state index < -0.39 is 124 Å². The van der Waals surface area contributed by atoms with Crippen LogP contribution in [0.2, 0.25) is 0 Å². The van der Waals surface area contributed by atoms with Gasteiger partial charge in [-0.2, -0.15) is 0 Å². The lowest BCUT2D eigenvalue weighted by atomic mass is 9.96. The van der Waals surface area contributed by atoms with Crippen LogP contribution in [0.3, 0.4) is 0 Å². The molecule has 3 aliphatic rings. The first-order chi connectivity index (χ1) is 38.3. The molecular formula is C60H107NO18. The van der Waals surface area contributed by atoms with Crippen molar-refractivity contribution in [1.82, 2.24) is 5.32 Å². The van der Waals surface area contributed by atoms with Gasteiger partial charge in [-0.3, -0.25) is 4.79 Å². The van der Waals surface area contributed by atoms with E-state index in [4.69, 9.17) is 28.4 Å². The molecule has 0 aromatic carbocycles. The maximum absolute atomic E-state index is 13.3. The van der Waals surface area contributed by atoms with E-state index in [0.717, 1.165) is 44.9 Å². The highest BCUT2D eigenvalue weighted by atomic mass is 16.8. The van der Waals surface area contributed by atoms with Gasteiger partial charge in [0.1, 0.15) is 73.2 Å². The molecular weight excluding hydrogens is 1020 g/mol. The van der Waals surface area contributed by atoms with E-state index in [1.807, 2.05) is 12.2 Å². The average Bonchev–Trinajstić information content (AvgIpc) is 3.55. The summed E-state index contributed by atoms with van der Waals surface area (Å²) in [6, 6.07) is -0.926. The number of aliphatic hydroxyl groups is 11. The Morgan fingerprint density at radius 2 is 0.848 bits per heavy atom. The summed E-state index contributed by atoms with van der Waals surface area (Å²) in [5.41, 5.74) is 0. The van der Waals surface area contributed by atoms with Crippen LogP contribution in [-0.4, -0.2) is 193 Å². The number of ether oxygens (including phenoxy) is 6. The molecule has 0 aliphatic carbocycles. The zero-order chi connectivity index (χ0) is 57.6. The molecule has 0 aromatic heterocycles. The lowest BCUT2D eigenvalue weighted by Crippen LogP contribution is -2.66. The molecule has 3 saturated heterocycles. The summed E-state index contributed by atoms with van der Waals surface area (Å²) in [6.45, 7) is 1.61. The first kappa shape index (κ1) is 71.0. The summed E-state index contributed by atoms with van der Waals surface area (Å²) in [7, 11) is 0. The number of hydrogen-bond donors (Lipinski definition) is 12. The summed E-state index contributed by atoms with van der Waals surface area (Å²) in [5, 5.41) is 120. The van der Waals surface area contributed by atoms with Crippen molar-refractivity contribution in [2.24, 2.45) is 0 Å². The van der Waals surface area contributed by atoms with Gasteiger partial charge in [-0.15, -0.1) is 0 Å². The Hall–Kier alpha value is -2.25. The molecule has 3 rings (SSSR count). The molecule has 3 fully saturated rings. The van der Waals surface area contributed by atoms with E-state index in [2.05, 4.69) is 55.6 Å². The number of nitrogens with one attached hydrogen (secondary N) is 1. The third kappa shape index (κ3) is 27.3. The van der Waals surface area contributed by atoms with Crippen LogP contribution in [0.5, 0.6) is 0 Å². The third-order valence-electron chi connectivity index (χ3n) is 15.2. The van der Waals surface area contributed by atoms with Gasteiger partial charge in [0.15, 0.2) is 18.9 Å². The second kappa shape index (κ2) is 43.4. The Morgan fingerprint density at radius 3 is 1.29 bits per heavy atom. The lowest BCUT2D eigenvalue weighted by molar-refractivity contribution is -0.379. The van der Waals surface area contributed by atoms with Crippen molar-refractivity contribution < 1.29 is 89.4 Å². The monoisotopic (exact) mass is 1130 g/mol. The van der Waals surface area contributed by atoms with E-state index >= 15 is 0 Å². The molecule has 3 aliphatic heterocycles. The van der Waals surface area contributed by atoms with Gasteiger partial charge in [-0.05, 0) is 38.5 Å². The van der Waals surface area contributed by atoms with E-state index in [1.54, 1.807) is 0 Å². The zero-order valence-electron chi connectivity index (χ0n) is 47.8. The summed E-state index contributed by atoms with van der Waals surface area (Å²) in [6.07, 6.45) is 20.8. The molecule has 0 radical (unpaired) electrons. The number of carbonyl (C=O) groups excluding carboxylic acids is 1. The minimum atomic E-state index is -1.98. The Kier molecular flexibility index (Phi) is 39.0. The molecule has 17 atom stereocenters. The molecule has 12 N–H and O–H groups in total. The van der Waals surface area contributed by atoms with Gasteiger partial charge in [-0.1, -0.05) is 197 Å². The zero-order valence-corrected chi connectivity index (χ0v) is 47.8. The Balaban J connectivity index is 1.49. The van der Waals surface area contributed by atoms with Crippen LogP contribution in [0.1, 0.15) is 194 Å². The van der Waals surface area contributed by atoms with Gasteiger partial charge in [0, 0.05) is 6.42 Å². The van der Waals surface area contributed by atoms with Crippen molar-refractivity contribution in [1.29, 1.82) is 0 Å². The van der Waals surface area contributed by atoms with Crippen molar-refractivity contribution in [3.05, 3.63) is 48.6 Å². The van der Waals surface area contributed by atoms with E-state index in [9.17, 15) is 61.0 Å². The predicted molar refractivity (Wildman–Crippen MR) is 300 cm³/mol. The first-order valence-electron chi connectivity index (χ1n) is 30.4. The molecule has 19 nitrogen and oxygen atoms in total. The van der Waals surface area contributed by atoms with E-state index in [-0.39, 0.29) is 18.9 Å². The van der Waals surface area contributed by atoms with Crippen molar-refractivity contribution in [2.45, 2.75) is 298 Å². The largest absolute Gasteiger partial charge is 0.394 e. The third-order valence-corrected chi connectivity index (χ3v) is 15.2. The Labute approximate surface area is 472 Å². The molecule has 0 aromatic rings. The van der Waals surface area contributed by atoms with Crippen molar-refractivity contribution in [3.63, 3.8) is 0 Å². The molecule has 17 unspecified atom stereocenters. The number of carbonyl (C=O) groups is 1. The van der Waals surface area contributed by atoms with Crippen LogP contribution >= 0.6 is 0 Å². The van der Waals surface area contributed by atoms with Crippen molar-refractivity contribution in [2.75, 3.05) is 26.4 Å². The fourth-order valence-electron chi connectivity index (χ4n) is 10.2. The second-order valence-corrected chi connectivity index (χ2v) is 21.8. The number of rotatable bonds is 44. The number of unbranched alkanes of at least 4 members (excludes halogenated alkanes) is 20. The number of hydrogen-bond acceptors (Lipinski definition) is 18. The first-order valence-corrected chi connectivity index (χ1v) is 30.4. The smallest absolute Gasteiger partial charge is 0.220 e. The minimum absolute atomic E-state index is 0.144. The normalized spacial score (nSPS) is 30.6. The predicted octanol–water partition coefficient (Wildman–Crippen LogP) is 5.48. The highest BCUT2D eigenvalue weighted by Crippen LogP contribution is 2.33. The molecule has 19 heteroatoms. The molecule has 0 spiro atoms. The Bertz CT molecular complexity index is 1630. The molecule has 0 bridgehead atoms. The lowest BCUT2D eigenvalue weighted by Gasteiger charge is -2.48. The van der Waals surface area contributed by atoms with Crippen molar-refractivity contribution in [3.8, 4) is 0 Å². The standard InChI is InChI=1S/C60H107NO18/c1-3-5-7-9-11-13-15-17-18-19-20-21-22-23-24-26-27-29-31-33-35-37-44(65)43(61-48(66)38-36-34-32-30-28-25-16-14-12-10-8-6-4-2)42-74-58-54(72)51(69)56(46(40-63)76-58)79-60-55(73)52(70)57(47(41-64)77-60)78-59-53(71)50(68)49(67)45(39-62)75-59/h6,8,12,14,25,28,32,34,43-47,49-60,62-65,67-73H,3-5,7,9-11,13,15-24,26-27,29-31,33,35-42H2,1-2H3,(H,61,66)/b8-6-,14-12-,28-25-,34-32-. The fraction of sp³-hybridized carbons (Fsp3) is 0.850. The van der Waals surface area contributed by atoms with Gasteiger partial charge in [0.25, 0.3) is 0 Å². The van der Waals surface area contributed by atoms with Gasteiger partial charge in [0.2, 0.25) is 5.91 Å². The summed E-state index contributed by atoms with van der Waals surface area (Å²) >= 11 is 0. The molecule has 3 heterocycles. The van der Waals surface area contributed by atoms with Crippen LogP contribution in [0.25, 0.3) is 0 Å². The fourth-order valence-corrected chi connectivity index (χ4v) is 10.2. The van der Waals surface area contributed by atoms with Crippen LogP contribution in [0.4, 0.5) is 0 Å². The maximum atomic E-state index is 13.3. The van der Waals surface area contributed by atoms with Gasteiger partial charge in [0.05, 0.1) is 38.6 Å². The van der Waals surface area contributed by atoms with E-state index in [1.165, 1.54) is 109 Å². The van der Waals surface area contributed by atoms with Crippen LogP contribution < -0.4 is 5.32 Å². The molecule has 79 heavy (non-hydrogen) atoms. The topological polar surface area (TPSA) is 307 Å². The number of allylic oxidation sites excluding steroid dienone is 8. The van der Waals surface area contributed by atoms with Crippen LogP contribution in [0.15, 0.2) is 48.6 Å². The van der Waals surface area contributed by atoms with Crippen molar-refractivity contribution >= 4 is 5.91 Å². The second-order valence-electron chi connectivity index (χ2n) is 21.8. The summed E-state index contributed by atoms with van der Waals surface area (Å²) in [5.74, 6) is -0.323. The highest BCUT2D eigenvalue weighted by Gasteiger charge is 2.53. The van der Waals surface area contributed by atoms with Crippen LogP contribution in [0, 0.1) is 0 Å². The summed E-state index contributed by atoms with van der Waals surface area (Å²) < 4.78 is 34.2. The Morgan fingerprint density at radius 1 is 0.468 bits per heavy atom. The van der Waals surface area contributed by atoms with Gasteiger partial charge < -0.3 is 89.9 Å². The maximum Gasteiger partial charge on any atom is 0.220 e. The van der Waals surface area contributed by atoms with E-state index in [0.29, 0.717) is 19.3 Å². The SMILES string of the molecule is CC/C=C\C/C=C\C/C=C\C/C=C\CCC(=O)NC(COC1OC(CO)C(OC2OC(CO)C(OC3OC(CO)C(O)C(O)C3O)C(O)C2O)C(O)C1O)C(O)CCCCCCCCCCCCCCCCCCCCCCC. The quantitative estimate of drug-likeness (QED) is 0.0265. The van der Waals surface area contributed by atoms with Gasteiger partial charge in [-0.25, -0.2) is 0 Å². The van der Waals surface area contributed by atoms with Crippen LogP contribution in [-0.2, 0) is 33.2 Å². The molecule has 0 saturated carbocycles. The molecule has 460 valence electrons. The molecule has 1 amide bonds. The van der Waals surface area contributed by atoms with Gasteiger partial charge >= 0.3 is 0 Å².